The predicted molar refractivity (Wildman–Crippen MR) is 163 cm³/mol. The molecule has 4 heterocycles. The van der Waals surface area contributed by atoms with Crippen LogP contribution < -0.4 is 4.90 Å². The Hall–Kier alpha value is -2.82. The normalized spacial score (nSPS) is 22.6. The van der Waals surface area contributed by atoms with Gasteiger partial charge < -0.3 is 19.8 Å². The van der Waals surface area contributed by atoms with E-state index < -0.39 is 23.2 Å². The number of halogens is 4. The Morgan fingerprint density at radius 3 is 1.95 bits per heavy atom. The van der Waals surface area contributed by atoms with Gasteiger partial charge in [0.05, 0.1) is 10.6 Å². The van der Waals surface area contributed by atoms with E-state index in [1.807, 2.05) is 23.1 Å². The Morgan fingerprint density at radius 2 is 1.39 bits per heavy atom. The summed E-state index contributed by atoms with van der Waals surface area (Å²) in [6, 6.07) is 12.7. The molecule has 6 rings (SSSR count). The van der Waals surface area contributed by atoms with Crippen molar-refractivity contribution in [2.24, 2.45) is 11.8 Å². The fourth-order valence-corrected chi connectivity index (χ4v) is 7.78. The van der Waals surface area contributed by atoms with Crippen LogP contribution >= 0.6 is 11.6 Å². The lowest BCUT2D eigenvalue weighted by Crippen LogP contribution is -2.60. The van der Waals surface area contributed by atoms with E-state index in [1.165, 1.54) is 29.9 Å². The fraction of sp³-hybridized carbons (Fsp3) is 0.576. The molecule has 0 aliphatic carbocycles. The van der Waals surface area contributed by atoms with Crippen molar-refractivity contribution < 1.29 is 27.9 Å². The molecule has 0 saturated carbocycles. The van der Waals surface area contributed by atoms with Gasteiger partial charge >= 0.3 is 6.18 Å². The van der Waals surface area contributed by atoms with Gasteiger partial charge in [0.2, 0.25) is 0 Å². The van der Waals surface area contributed by atoms with E-state index >= 15 is 0 Å². The molecule has 1 atom stereocenters. The number of nitrogens with zero attached hydrogens (tertiary/aromatic N) is 4. The molecule has 4 fully saturated rings. The number of rotatable bonds is 6. The van der Waals surface area contributed by atoms with Crippen LogP contribution in [0.25, 0.3) is 0 Å². The van der Waals surface area contributed by atoms with Crippen LogP contribution in [0.1, 0.15) is 54.4 Å². The molecular formula is C33H40ClF3N4O3. The van der Waals surface area contributed by atoms with E-state index in [0.29, 0.717) is 41.3 Å². The van der Waals surface area contributed by atoms with E-state index in [9.17, 15) is 27.9 Å². The summed E-state index contributed by atoms with van der Waals surface area (Å²) in [5.74, 6) is -0.603. The molecule has 0 bridgehead atoms. The molecule has 0 radical (unpaired) electrons. The molecule has 2 aromatic rings. The molecule has 4 aliphatic rings. The largest absolute Gasteiger partial charge is 0.430 e. The summed E-state index contributed by atoms with van der Waals surface area (Å²) in [4.78, 5) is 33.9. The maximum absolute atomic E-state index is 14.0. The van der Waals surface area contributed by atoms with Gasteiger partial charge in [0, 0.05) is 56.6 Å². The quantitative estimate of drug-likeness (QED) is 0.476. The first kappa shape index (κ1) is 31.2. The molecule has 4 saturated heterocycles. The molecule has 7 nitrogen and oxygen atoms in total. The number of likely N-dealkylation sites (tertiary alicyclic amines) is 3. The summed E-state index contributed by atoms with van der Waals surface area (Å²) in [5.41, 5.74) is -2.50. The number of aliphatic hydroxyl groups is 1. The zero-order valence-electron chi connectivity index (χ0n) is 24.8. The maximum atomic E-state index is 14.0. The van der Waals surface area contributed by atoms with Gasteiger partial charge in [-0.25, -0.2) is 0 Å². The number of carbonyl (C=O) groups excluding carboxylic acids is 2. The number of anilines is 1. The van der Waals surface area contributed by atoms with Gasteiger partial charge in [-0.2, -0.15) is 13.2 Å². The third-order valence-electron chi connectivity index (χ3n) is 10.3. The second-order valence-electron chi connectivity index (χ2n) is 12.8. The first-order valence-corrected chi connectivity index (χ1v) is 16.2. The smallest absolute Gasteiger partial charge is 0.371 e. The van der Waals surface area contributed by atoms with Crippen molar-refractivity contribution in [1.82, 2.24) is 14.7 Å². The van der Waals surface area contributed by atoms with Crippen molar-refractivity contribution in [2.45, 2.75) is 56.3 Å². The van der Waals surface area contributed by atoms with Gasteiger partial charge in [-0.3, -0.25) is 14.5 Å². The van der Waals surface area contributed by atoms with Gasteiger partial charge in [-0.15, -0.1) is 0 Å². The van der Waals surface area contributed by atoms with Crippen LogP contribution in [0, 0.1) is 11.8 Å². The molecule has 0 spiro atoms. The molecule has 2 aromatic carbocycles. The summed E-state index contributed by atoms with van der Waals surface area (Å²) in [6.45, 7) is 5.78. The van der Waals surface area contributed by atoms with Crippen LogP contribution in [0.4, 0.5) is 18.9 Å². The standard InChI is InChI=1S/C33H40ClF3N4O3/c34-29-20-26(8-9-28(29)30(42)41-21-27(22-41)38-14-4-5-15-38)39-16-10-23(11-17-39)24-12-18-40(19-13-24)31(43)32(44,33(35,36)37)25-6-2-1-3-7-25/h1-3,6-9,20,23-24,27,44H,4-5,10-19,21-22H2/t32-/m1/s1. The number of hydrogen-bond donors (Lipinski definition) is 1. The Bertz CT molecular complexity index is 1330. The second kappa shape index (κ2) is 12.5. The Morgan fingerprint density at radius 1 is 0.795 bits per heavy atom. The van der Waals surface area contributed by atoms with Crippen LogP contribution in [0.15, 0.2) is 48.5 Å². The molecule has 0 aromatic heterocycles. The van der Waals surface area contributed by atoms with Crippen LogP contribution in [-0.4, -0.2) is 96.2 Å². The fourth-order valence-electron chi connectivity index (χ4n) is 7.52. The topological polar surface area (TPSA) is 67.3 Å². The Kier molecular flexibility index (Phi) is 8.87. The highest BCUT2D eigenvalue weighted by atomic mass is 35.5. The minimum atomic E-state index is -5.13. The molecule has 1 N–H and O–H groups in total. The highest BCUT2D eigenvalue weighted by molar-refractivity contribution is 6.34. The van der Waals surface area contributed by atoms with E-state index in [0.717, 1.165) is 69.9 Å². The molecule has 11 heteroatoms. The van der Waals surface area contributed by atoms with Gasteiger partial charge in [-0.05, 0) is 81.6 Å². The lowest BCUT2D eigenvalue weighted by molar-refractivity contribution is -0.262. The number of piperidine rings is 2. The lowest BCUT2D eigenvalue weighted by atomic mass is 9.78. The Balaban J connectivity index is 0.998. The zero-order valence-corrected chi connectivity index (χ0v) is 25.6. The van der Waals surface area contributed by atoms with Gasteiger partial charge in [0.1, 0.15) is 0 Å². The van der Waals surface area contributed by atoms with Crippen LogP contribution in [0.5, 0.6) is 0 Å². The minimum absolute atomic E-state index is 0.0158. The van der Waals surface area contributed by atoms with Crippen LogP contribution in [0.3, 0.4) is 0 Å². The van der Waals surface area contributed by atoms with Crippen LogP contribution in [0.2, 0.25) is 5.02 Å². The number of amides is 2. The SMILES string of the molecule is O=C(c1ccc(N2CCC(C3CCN(C(=O)[C@](O)(c4ccccc4)C(F)(F)F)CC3)CC2)cc1Cl)N1CC(N2CCCC2)C1. The van der Waals surface area contributed by atoms with Crippen LogP contribution in [-0.2, 0) is 10.4 Å². The van der Waals surface area contributed by atoms with E-state index in [4.69, 9.17) is 11.6 Å². The number of benzene rings is 2. The first-order chi connectivity index (χ1) is 21.1. The van der Waals surface area contributed by atoms with Gasteiger partial charge in [-0.1, -0.05) is 41.9 Å². The highest BCUT2D eigenvalue weighted by Gasteiger charge is 2.62. The predicted octanol–water partition coefficient (Wildman–Crippen LogP) is 5.17. The number of carbonyl (C=O) groups is 2. The number of alkyl halides is 3. The summed E-state index contributed by atoms with van der Waals surface area (Å²) in [7, 11) is 0. The lowest BCUT2D eigenvalue weighted by Gasteiger charge is -2.44. The van der Waals surface area contributed by atoms with Crippen molar-refractivity contribution in [3.8, 4) is 0 Å². The average molecular weight is 633 g/mol. The van der Waals surface area contributed by atoms with Crippen molar-refractivity contribution in [3.05, 3.63) is 64.7 Å². The molecular weight excluding hydrogens is 593 g/mol. The summed E-state index contributed by atoms with van der Waals surface area (Å²) < 4.78 is 42.0. The van der Waals surface area contributed by atoms with E-state index in [1.54, 1.807) is 6.07 Å². The average Bonchev–Trinajstić information content (AvgIpc) is 3.54. The molecule has 238 valence electrons. The number of hydrogen-bond acceptors (Lipinski definition) is 5. The van der Waals surface area contributed by atoms with Gasteiger partial charge in [0.15, 0.2) is 0 Å². The third-order valence-corrected chi connectivity index (χ3v) is 10.6. The van der Waals surface area contributed by atoms with Crippen molar-refractivity contribution in [1.29, 1.82) is 0 Å². The molecule has 0 unspecified atom stereocenters. The zero-order chi connectivity index (χ0) is 31.1. The Labute approximate surface area is 261 Å². The van der Waals surface area contributed by atoms with Crippen molar-refractivity contribution >= 4 is 29.1 Å². The van der Waals surface area contributed by atoms with Gasteiger partial charge in [0.25, 0.3) is 17.4 Å². The maximum Gasteiger partial charge on any atom is 0.430 e. The third kappa shape index (κ3) is 5.93. The van der Waals surface area contributed by atoms with Crippen molar-refractivity contribution in [2.75, 3.05) is 57.3 Å². The second-order valence-corrected chi connectivity index (χ2v) is 13.2. The molecule has 44 heavy (non-hydrogen) atoms. The summed E-state index contributed by atoms with van der Waals surface area (Å²) in [5, 5.41) is 11.2. The summed E-state index contributed by atoms with van der Waals surface area (Å²) >= 11 is 6.62. The highest BCUT2D eigenvalue weighted by Crippen LogP contribution is 2.42. The monoisotopic (exact) mass is 632 g/mol. The minimum Gasteiger partial charge on any atom is -0.371 e. The van der Waals surface area contributed by atoms with E-state index in [-0.39, 0.29) is 19.0 Å². The molecule has 2 amide bonds. The first-order valence-electron chi connectivity index (χ1n) is 15.8. The van der Waals surface area contributed by atoms with E-state index in [2.05, 4.69) is 9.80 Å². The molecule has 4 aliphatic heterocycles. The van der Waals surface area contributed by atoms with Crippen molar-refractivity contribution in [3.63, 3.8) is 0 Å². The summed E-state index contributed by atoms with van der Waals surface area (Å²) in [6.07, 6.45) is 0.419.